The normalized spacial score (nSPS) is 11.2. The first kappa shape index (κ1) is 23.7. The minimum atomic E-state index is -3.57. The molecule has 0 heterocycles. The maximum atomic E-state index is 11.9. The number of benzene rings is 1. The molecule has 0 fully saturated rings. The first-order valence-corrected chi connectivity index (χ1v) is 10.0. The second-order valence-electron chi connectivity index (χ2n) is 5.77. The molecule has 0 amide bonds. The van der Waals surface area contributed by atoms with E-state index in [1.54, 1.807) is 30.3 Å². The third-order valence-corrected chi connectivity index (χ3v) is 5.09. The third-order valence-electron chi connectivity index (χ3n) is 3.77. The molecule has 1 aromatic carbocycles. The minimum Gasteiger partial charge on any atom is -1.00 e. The van der Waals surface area contributed by atoms with E-state index >= 15 is 0 Å². The molecule has 0 aliphatic carbocycles. The molecule has 0 spiro atoms. The second kappa shape index (κ2) is 15.0. The van der Waals surface area contributed by atoms with E-state index < -0.39 is 10.1 Å². The van der Waals surface area contributed by atoms with E-state index in [4.69, 9.17) is 4.18 Å². The largest absolute Gasteiger partial charge is 2.00 e. The smallest absolute Gasteiger partial charge is 1.00 e. The van der Waals surface area contributed by atoms with Crippen LogP contribution < -0.4 is 0 Å². The van der Waals surface area contributed by atoms with Gasteiger partial charge in [-0.25, -0.2) is 0 Å². The van der Waals surface area contributed by atoms with Gasteiger partial charge in [-0.3, -0.25) is 4.18 Å². The van der Waals surface area contributed by atoms with Crippen LogP contribution in [-0.2, 0) is 14.3 Å². The first-order valence-electron chi connectivity index (χ1n) is 8.61. The van der Waals surface area contributed by atoms with Gasteiger partial charge in [0.15, 0.2) is 0 Å². The number of hydrogen-bond acceptors (Lipinski definition) is 3. The van der Waals surface area contributed by atoms with Gasteiger partial charge in [0, 0.05) is 0 Å². The SMILES string of the molecule is CCCCCCCCCCCCOS(=O)(=O)c1ccccc1.[Ba+2].[H-].[H-]. The molecular weight excluding hydrogens is 434 g/mol. The molecule has 0 radical (unpaired) electrons. The number of unbranched alkanes of at least 4 members (excludes halogenated alkanes) is 9. The molecule has 0 unspecified atom stereocenters. The molecule has 0 aliphatic rings. The monoisotopic (exact) mass is 466 g/mol. The van der Waals surface area contributed by atoms with E-state index in [0.717, 1.165) is 12.8 Å². The molecule has 0 saturated heterocycles. The summed E-state index contributed by atoms with van der Waals surface area (Å²) in [5.74, 6) is 0. The van der Waals surface area contributed by atoms with E-state index in [0.29, 0.717) is 0 Å². The van der Waals surface area contributed by atoms with Gasteiger partial charge in [-0.05, 0) is 18.6 Å². The van der Waals surface area contributed by atoms with Crippen molar-refractivity contribution in [2.75, 3.05) is 6.61 Å². The van der Waals surface area contributed by atoms with E-state index in [1.165, 1.54) is 51.4 Å². The van der Waals surface area contributed by atoms with Crippen molar-refractivity contribution in [3.8, 4) is 0 Å². The van der Waals surface area contributed by atoms with Crippen molar-refractivity contribution < 1.29 is 15.5 Å². The van der Waals surface area contributed by atoms with Crippen LogP contribution in [-0.4, -0.2) is 63.9 Å². The van der Waals surface area contributed by atoms with Crippen molar-refractivity contribution in [3.05, 3.63) is 30.3 Å². The van der Waals surface area contributed by atoms with Crippen LogP contribution in [0.4, 0.5) is 0 Å². The minimum absolute atomic E-state index is 0. The molecule has 0 aromatic heterocycles. The average molecular weight is 466 g/mol. The van der Waals surface area contributed by atoms with Crippen LogP contribution in [0.15, 0.2) is 35.2 Å². The molecule has 0 bridgehead atoms. The van der Waals surface area contributed by atoms with Crippen LogP contribution in [0.2, 0.25) is 0 Å². The van der Waals surface area contributed by atoms with Crippen LogP contribution in [0.1, 0.15) is 74.0 Å². The Morgan fingerprint density at radius 3 is 1.83 bits per heavy atom. The summed E-state index contributed by atoms with van der Waals surface area (Å²) in [6.45, 7) is 2.52. The Kier molecular flexibility index (Phi) is 15.5. The van der Waals surface area contributed by atoms with Gasteiger partial charge in [0.25, 0.3) is 10.1 Å². The van der Waals surface area contributed by atoms with Crippen LogP contribution in [0.25, 0.3) is 0 Å². The van der Waals surface area contributed by atoms with Crippen molar-refractivity contribution in [1.82, 2.24) is 0 Å². The van der Waals surface area contributed by atoms with Crippen LogP contribution in [0.3, 0.4) is 0 Å². The Labute approximate surface area is 185 Å². The molecule has 5 heteroatoms. The van der Waals surface area contributed by atoms with Crippen molar-refractivity contribution in [2.24, 2.45) is 0 Å². The maximum Gasteiger partial charge on any atom is 2.00 e. The first-order chi connectivity index (χ1) is 10.7. The predicted molar refractivity (Wildman–Crippen MR) is 99.4 cm³/mol. The molecule has 1 aromatic rings. The van der Waals surface area contributed by atoms with Crippen molar-refractivity contribution in [2.45, 2.75) is 76.0 Å². The Bertz CT molecular complexity index is 484. The molecule has 130 valence electrons. The fourth-order valence-corrected chi connectivity index (χ4v) is 3.38. The average Bonchev–Trinajstić information content (AvgIpc) is 2.53. The van der Waals surface area contributed by atoms with Gasteiger partial charge in [0.05, 0.1) is 11.5 Å². The summed E-state index contributed by atoms with van der Waals surface area (Å²) >= 11 is 0. The topological polar surface area (TPSA) is 43.4 Å². The standard InChI is InChI=1S/C18H30O3S.Ba.2H/c1-2-3-4-5-6-7-8-9-10-14-17-21-22(19,20)18-15-12-11-13-16-18;;;/h11-13,15-16H,2-10,14,17H2,1H3;;;/q;+2;2*-1. The summed E-state index contributed by atoms with van der Waals surface area (Å²) < 4.78 is 28.8. The van der Waals surface area contributed by atoms with Crippen LogP contribution in [0.5, 0.6) is 0 Å². The maximum absolute atomic E-state index is 11.9. The van der Waals surface area contributed by atoms with Gasteiger partial charge in [-0.1, -0.05) is 82.9 Å². The van der Waals surface area contributed by atoms with Gasteiger partial charge in [-0.15, -0.1) is 0 Å². The summed E-state index contributed by atoms with van der Waals surface area (Å²) in [7, 11) is -3.57. The van der Waals surface area contributed by atoms with Crippen LogP contribution >= 0.6 is 0 Å². The molecule has 0 saturated carbocycles. The van der Waals surface area contributed by atoms with Gasteiger partial charge in [-0.2, -0.15) is 8.42 Å². The summed E-state index contributed by atoms with van der Waals surface area (Å²) in [5, 5.41) is 0. The zero-order valence-corrected chi connectivity index (χ0v) is 19.8. The van der Waals surface area contributed by atoms with Gasteiger partial charge in [0.2, 0.25) is 0 Å². The Morgan fingerprint density at radius 2 is 1.30 bits per heavy atom. The Balaban J connectivity index is -0.00000161. The quantitative estimate of drug-likeness (QED) is 0.230. The zero-order valence-electron chi connectivity index (χ0n) is 16.5. The number of rotatable bonds is 13. The molecule has 23 heavy (non-hydrogen) atoms. The molecule has 0 N–H and O–H groups in total. The van der Waals surface area contributed by atoms with Crippen molar-refractivity contribution >= 4 is 59.0 Å². The Morgan fingerprint density at radius 1 is 0.826 bits per heavy atom. The summed E-state index contributed by atoms with van der Waals surface area (Å²) in [6, 6.07) is 8.33. The van der Waals surface area contributed by atoms with Crippen LogP contribution in [0, 0.1) is 0 Å². The fraction of sp³-hybridized carbons (Fsp3) is 0.667. The Hall–Kier alpha value is 0.701. The molecule has 1 rings (SSSR count). The second-order valence-corrected chi connectivity index (χ2v) is 7.39. The fourth-order valence-electron chi connectivity index (χ4n) is 2.41. The summed E-state index contributed by atoms with van der Waals surface area (Å²) in [6.07, 6.45) is 12.3. The van der Waals surface area contributed by atoms with Gasteiger partial charge < -0.3 is 2.85 Å². The van der Waals surface area contributed by atoms with E-state index in [1.807, 2.05) is 0 Å². The molecule has 3 nitrogen and oxygen atoms in total. The zero-order chi connectivity index (χ0) is 16.1. The number of hydrogen-bond donors (Lipinski definition) is 0. The van der Waals surface area contributed by atoms with Crippen molar-refractivity contribution in [1.29, 1.82) is 0 Å². The van der Waals surface area contributed by atoms with Gasteiger partial charge in [0.1, 0.15) is 0 Å². The predicted octanol–water partition coefficient (Wildman–Crippen LogP) is 5.16. The van der Waals surface area contributed by atoms with E-state index in [2.05, 4.69) is 6.92 Å². The van der Waals surface area contributed by atoms with E-state index in [9.17, 15) is 8.42 Å². The third kappa shape index (κ3) is 11.8. The van der Waals surface area contributed by atoms with E-state index in [-0.39, 0.29) is 63.2 Å². The summed E-state index contributed by atoms with van der Waals surface area (Å²) in [5.41, 5.74) is 0. The molecule has 0 atom stereocenters. The van der Waals surface area contributed by atoms with Gasteiger partial charge >= 0.3 is 48.9 Å². The molecular formula is C18H32BaO3S. The van der Waals surface area contributed by atoms with Crippen molar-refractivity contribution in [3.63, 3.8) is 0 Å². The molecule has 0 aliphatic heterocycles. The summed E-state index contributed by atoms with van der Waals surface area (Å²) in [4.78, 5) is 0.238.